The number of hydrogen-bond donors (Lipinski definition) is 2. The molecule has 0 atom stereocenters. The lowest BCUT2D eigenvalue weighted by atomic mass is 10.1. The van der Waals surface area contributed by atoms with Gasteiger partial charge in [-0.3, -0.25) is 14.2 Å². The molecule has 134 valence electrons. The van der Waals surface area contributed by atoms with Gasteiger partial charge in [-0.25, -0.2) is 4.98 Å². The molecule has 0 spiro atoms. The summed E-state index contributed by atoms with van der Waals surface area (Å²) in [7, 11) is 1.58. The van der Waals surface area contributed by atoms with Gasteiger partial charge in [0.2, 0.25) is 0 Å². The van der Waals surface area contributed by atoms with Gasteiger partial charge in [-0.1, -0.05) is 6.07 Å². The highest BCUT2D eigenvalue weighted by Gasteiger charge is 2.19. The molecule has 7 heteroatoms. The smallest absolute Gasteiger partial charge is 0.257 e. The summed E-state index contributed by atoms with van der Waals surface area (Å²) >= 11 is 1.52. The van der Waals surface area contributed by atoms with Crippen LogP contribution in [0, 0.1) is 20.8 Å². The Labute approximate surface area is 155 Å². The Kier molecular flexibility index (Phi) is 4.90. The molecule has 0 unspecified atom stereocenters. The molecule has 6 nitrogen and oxygen atoms in total. The topological polar surface area (TPSA) is 76.0 Å². The molecule has 2 amide bonds. The lowest BCUT2D eigenvalue weighted by molar-refractivity contribution is 0.0960. The van der Waals surface area contributed by atoms with E-state index in [0.717, 1.165) is 22.1 Å². The maximum atomic E-state index is 12.8. The van der Waals surface area contributed by atoms with E-state index in [2.05, 4.69) is 15.6 Å². The van der Waals surface area contributed by atoms with Crippen LogP contribution in [-0.2, 0) is 0 Å². The monoisotopic (exact) mass is 368 g/mol. The largest absolute Gasteiger partial charge is 0.355 e. The molecule has 1 aromatic carbocycles. The molecule has 0 aliphatic rings. The molecule has 0 radical (unpaired) electrons. The Morgan fingerprint density at radius 1 is 1.12 bits per heavy atom. The Morgan fingerprint density at radius 3 is 2.54 bits per heavy atom. The van der Waals surface area contributed by atoms with Crippen molar-refractivity contribution in [1.29, 1.82) is 0 Å². The van der Waals surface area contributed by atoms with Gasteiger partial charge in [-0.15, -0.1) is 11.3 Å². The third kappa shape index (κ3) is 3.13. The lowest BCUT2D eigenvalue weighted by Crippen LogP contribution is -2.20. The summed E-state index contributed by atoms with van der Waals surface area (Å²) in [5.74, 6) is -0.390. The number of anilines is 1. The van der Waals surface area contributed by atoms with E-state index in [-0.39, 0.29) is 11.8 Å². The van der Waals surface area contributed by atoms with Gasteiger partial charge < -0.3 is 10.6 Å². The zero-order chi connectivity index (χ0) is 18.8. The van der Waals surface area contributed by atoms with Crippen molar-refractivity contribution in [3.63, 3.8) is 0 Å². The number of thiazole rings is 1. The van der Waals surface area contributed by atoms with Gasteiger partial charge in [-0.05, 0) is 44.5 Å². The first-order valence-corrected chi connectivity index (χ1v) is 9.04. The number of aromatic nitrogens is 2. The van der Waals surface area contributed by atoms with Crippen molar-refractivity contribution in [2.45, 2.75) is 20.8 Å². The van der Waals surface area contributed by atoms with E-state index in [9.17, 15) is 9.59 Å². The molecule has 3 rings (SSSR count). The molecule has 2 heterocycles. The number of amides is 2. The van der Waals surface area contributed by atoms with Crippen LogP contribution in [0.1, 0.15) is 37.7 Å². The van der Waals surface area contributed by atoms with E-state index < -0.39 is 0 Å². The number of benzene rings is 1. The maximum absolute atomic E-state index is 12.8. The predicted octanol–water partition coefficient (Wildman–Crippen LogP) is 3.47. The summed E-state index contributed by atoms with van der Waals surface area (Å²) in [6, 6.07) is 7.13. The van der Waals surface area contributed by atoms with Crippen LogP contribution in [-0.4, -0.2) is 28.4 Å². The summed E-state index contributed by atoms with van der Waals surface area (Å²) in [5, 5.41) is 8.27. The zero-order valence-electron chi connectivity index (χ0n) is 15.1. The third-order valence-electron chi connectivity index (χ3n) is 4.34. The normalized spacial score (nSPS) is 10.6. The summed E-state index contributed by atoms with van der Waals surface area (Å²) in [4.78, 5) is 29.1. The summed E-state index contributed by atoms with van der Waals surface area (Å²) < 4.78 is 1.97. The number of carbonyl (C=O) groups excluding carboxylic acids is 2. The number of aryl methyl sites for hydroxylation is 1. The Bertz CT molecular complexity index is 974. The first-order chi connectivity index (χ1) is 12.4. The van der Waals surface area contributed by atoms with Gasteiger partial charge in [0, 0.05) is 41.3 Å². The van der Waals surface area contributed by atoms with Gasteiger partial charge in [0.1, 0.15) is 0 Å². The van der Waals surface area contributed by atoms with Gasteiger partial charge in [0.15, 0.2) is 5.13 Å². The number of carbonyl (C=O) groups is 2. The molecule has 0 aliphatic heterocycles. The molecule has 0 saturated carbocycles. The Hall–Kier alpha value is -2.93. The van der Waals surface area contributed by atoms with E-state index in [1.165, 1.54) is 11.3 Å². The Balaban J connectivity index is 1.93. The van der Waals surface area contributed by atoms with Crippen molar-refractivity contribution < 1.29 is 9.59 Å². The van der Waals surface area contributed by atoms with Crippen molar-refractivity contribution in [2.24, 2.45) is 0 Å². The molecule has 3 aromatic rings. The van der Waals surface area contributed by atoms with Crippen LogP contribution in [0.2, 0.25) is 0 Å². The number of hydrogen-bond acceptors (Lipinski definition) is 4. The van der Waals surface area contributed by atoms with E-state index in [4.69, 9.17) is 0 Å². The molecule has 0 bridgehead atoms. The second-order valence-electron chi connectivity index (χ2n) is 5.95. The Morgan fingerprint density at radius 2 is 1.88 bits per heavy atom. The van der Waals surface area contributed by atoms with Crippen LogP contribution in [0.15, 0.2) is 35.8 Å². The van der Waals surface area contributed by atoms with Crippen molar-refractivity contribution in [2.75, 3.05) is 12.4 Å². The van der Waals surface area contributed by atoms with Crippen LogP contribution >= 0.6 is 11.3 Å². The van der Waals surface area contributed by atoms with Crippen LogP contribution < -0.4 is 10.6 Å². The highest BCUT2D eigenvalue weighted by atomic mass is 32.1. The third-order valence-corrected chi connectivity index (χ3v) is 5.10. The molecular weight excluding hydrogens is 348 g/mol. The first-order valence-electron chi connectivity index (χ1n) is 8.16. The van der Waals surface area contributed by atoms with Crippen LogP contribution in [0.3, 0.4) is 0 Å². The molecule has 0 saturated heterocycles. The average Bonchev–Trinajstić information content (AvgIpc) is 3.23. The van der Waals surface area contributed by atoms with Crippen molar-refractivity contribution >= 4 is 28.8 Å². The fraction of sp³-hybridized carbons (Fsp3) is 0.211. The van der Waals surface area contributed by atoms with Crippen LogP contribution in [0.25, 0.3) is 5.13 Å². The highest BCUT2D eigenvalue weighted by Crippen LogP contribution is 2.24. The summed E-state index contributed by atoms with van der Waals surface area (Å²) in [5.41, 5.74) is 4.25. The van der Waals surface area contributed by atoms with Crippen molar-refractivity contribution in [3.8, 4) is 5.13 Å². The highest BCUT2D eigenvalue weighted by molar-refractivity contribution is 7.12. The molecule has 2 N–H and O–H groups in total. The van der Waals surface area contributed by atoms with Gasteiger partial charge in [-0.2, -0.15) is 0 Å². The number of nitrogens with zero attached hydrogens (tertiary/aromatic N) is 2. The molecule has 0 aliphatic carbocycles. The minimum Gasteiger partial charge on any atom is -0.355 e. The van der Waals surface area contributed by atoms with Crippen LogP contribution in [0.4, 0.5) is 5.69 Å². The van der Waals surface area contributed by atoms with Gasteiger partial charge >= 0.3 is 0 Å². The van der Waals surface area contributed by atoms with E-state index in [1.54, 1.807) is 31.4 Å². The maximum Gasteiger partial charge on any atom is 0.257 e. The second-order valence-corrected chi connectivity index (χ2v) is 6.82. The predicted molar refractivity (Wildman–Crippen MR) is 103 cm³/mol. The van der Waals surface area contributed by atoms with E-state index in [0.29, 0.717) is 16.8 Å². The summed E-state index contributed by atoms with van der Waals surface area (Å²) in [6.07, 6.45) is 1.74. The van der Waals surface area contributed by atoms with Gasteiger partial charge in [0.05, 0.1) is 5.56 Å². The SMILES string of the molecule is CNC(=O)c1cccc(NC(=O)c2cc(C)n(-c3nccs3)c2C)c1C. The van der Waals surface area contributed by atoms with Crippen LogP contribution in [0.5, 0.6) is 0 Å². The number of rotatable bonds is 4. The second kappa shape index (κ2) is 7.13. The van der Waals surface area contributed by atoms with Crippen molar-refractivity contribution in [3.05, 3.63) is 63.9 Å². The average molecular weight is 368 g/mol. The molecule has 26 heavy (non-hydrogen) atoms. The lowest BCUT2D eigenvalue weighted by Gasteiger charge is -2.12. The fourth-order valence-corrected chi connectivity index (χ4v) is 3.71. The van der Waals surface area contributed by atoms with Gasteiger partial charge in [0.25, 0.3) is 11.8 Å². The standard InChI is InChI=1S/C19H20N4O2S/c1-11-10-15(13(3)23(11)19-21-8-9-26-19)18(25)22-16-7-5-6-14(12(16)2)17(24)20-4/h5-10H,1-4H3,(H,20,24)(H,22,25). The quantitative estimate of drug-likeness (QED) is 0.740. The zero-order valence-corrected chi connectivity index (χ0v) is 15.9. The minimum absolute atomic E-state index is 0.180. The summed E-state index contributed by atoms with van der Waals surface area (Å²) in [6.45, 7) is 5.67. The molecule has 2 aromatic heterocycles. The van der Waals surface area contributed by atoms with E-state index in [1.807, 2.05) is 36.8 Å². The van der Waals surface area contributed by atoms with E-state index >= 15 is 0 Å². The first kappa shape index (κ1) is 17.9. The molecular formula is C19H20N4O2S. The van der Waals surface area contributed by atoms with Crippen molar-refractivity contribution in [1.82, 2.24) is 14.9 Å². The minimum atomic E-state index is -0.210. The number of nitrogens with one attached hydrogen (secondary N) is 2. The molecule has 0 fully saturated rings. The fourth-order valence-electron chi connectivity index (χ4n) is 2.95.